The lowest BCUT2D eigenvalue weighted by Gasteiger charge is -2.20. The fraction of sp³-hybridized carbons (Fsp3) is 0.200. The van der Waals surface area contributed by atoms with Gasteiger partial charge in [-0.05, 0) is 63.1 Å². The summed E-state index contributed by atoms with van der Waals surface area (Å²) in [6, 6.07) is 12.0. The molecular formula is C25H23N5O. The van der Waals surface area contributed by atoms with Crippen molar-refractivity contribution in [2.75, 3.05) is 4.90 Å². The molecule has 31 heavy (non-hydrogen) atoms. The highest BCUT2D eigenvalue weighted by atomic mass is 16.2. The molecule has 1 aliphatic heterocycles. The minimum Gasteiger partial charge on any atom is -0.305 e. The zero-order valence-electron chi connectivity index (χ0n) is 18.0. The third-order valence-electron chi connectivity index (χ3n) is 5.95. The van der Waals surface area contributed by atoms with E-state index >= 15 is 0 Å². The predicted molar refractivity (Wildman–Crippen MR) is 121 cm³/mol. The molecule has 4 heterocycles. The highest BCUT2D eigenvalue weighted by molar-refractivity contribution is 6.12. The second-order valence-corrected chi connectivity index (χ2v) is 8.48. The lowest BCUT2D eigenvalue weighted by molar-refractivity contribution is -0.121. The van der Waals surface area contributed by atoms with Crippen molar-refractivity contribution < 1.29 is 4.79 Å². The van der Waals surface area contributed by atoms with Gasteiger partial charge in [-0.15, -0.1) is 0 Å². The molecule has 0 spiro atoms. The Morgan fingerprint density at radius 3 is 2.52 bits per heavy atom. The van der Waals surface area contributed by atoms with E-state index in [2.05, 4.69) is 15.0 Å². The van der Waals surface area contributed by atoms with Crippen LogP contribution >= 0.6 is 0 Å². The number of anilines is 2. The largest absolute Gasteiger partial charge is 0.305 e. The van der Waals surface area contributed by atoms with E-state index in [0.717, 1.165) is 45.1 Å². The maximum absolute atomic E-state index is 13.3. The predicted octanol–water partition coefficient (Wildman–Crippen LogP) is 4.90. The quantitative estimate of drug-likeness (QED) is 0.483. The lowest BCUT2D eigenvalue weighted by Crippen LogP contribution is -2.33. The molecule has 0 saturated carbocycles. The molecule has 1 aromatic carbocycles. The first-order chi connectivity index (χ1) is 14.9. The summed E-state index contributed by atoms with van der Waals surface area (Å²) in [7, 11) is 0. The second kappa shape index (κ2) is 6.87. The standard InChI is InChI=1S/C25H23N5O/c1-16-12-26-10-9-22(16)29-14-21(28-15-29)18-6-8-20-23(11-18)30(24(31)25(20,3)4)19-7-5-17(2)27-13-19/h5-15H,1-4H3. The molecule has 0 unspecified atom stereocenters. The zero-order chi connectivity index (χ0) is 21.8. The van der Waals surface area contributed by atoms with Crippen LogP contribution in [0, 0.1) is 13.8 Å². The van der Waals surface area contributed by atoms with E-state index in [-0.39, 0.29) is 5.91 Å². The zero-order valence-corrected chi connectivity index (χ0v) is 18.0. The van der Waals surface area contributed by atoms with Gasteiger partial charge in [-0.1, -0.05) is 12.1 Å². The van der Waals surface area contributed by atoms with Gasteiger partial charge in [-0.25, -0.2) is 4.98 Å². The number of pyridine rings is 2. The average Bonchev–Trinajstić information content (AvgIpc) is 3.32. The van der Waals surface area contributed by atoms with Gasteiger partial charge in [0.25, 0.3) is 0 Å². The number of benzene rings is 1. The number of imidazole rings is 1. The maximum Gasteiger partial charge on any atom is 0.241 e. The summed E-state index contributed by atoms with van der Waals surface area (Å²) in [5, 5.41) is 0. The highest BCUT2D eigenvalue weighted by Gasteiger charge is 2.44. The van der Waals surface area contributed by atoms with Crippen molar-refractivity contribution in [2.45, 2.75) is 33.1 Å². The number of carbonyl (C=O) groups is 1. The first kappa shape index (κ1) is 19.2. The van der Waals surface area contributed by atoms with Crippen LogP contribution in [0.2, 0.25) is 0 Å². The van der Waals surface area contributed by atoms with Crippen LogP contribution in [0.1, 0.15) is 30.7 Å². The van der Waals surface area contributed by atoms with Crippen LogP contribution in [0.4, 0.5) is 11.4 Å². The fourth-order valence-electron chi connectivity index (χ4n) is 4.12. The Kier molecular flexibility index (Phi) is 4.25. The smallest absolute Gasteiger partial charge is 0.241 e. The molecular weight excluding hydrogens is 386 g/mol. The van der Waals surface area contributed by atoms with Crippen LogP contribution in [0.25, 0.3) is 16.9 Å². The van der Waals surface area contributed by atoms with Gasteiger partial charge in [0.1, 0.15) is 0 Å². The minimum atomic E-state index is -0.605. The topological polar surface area (TPSA) is 63.9 Å². The van der Waals surface area contributed by atoms with Gasteiger partial charge in [0.15, 0.2) is 0 Å². The van der Waals surface area contributed by atoms with Gasteiger partial charge in [0.2, 0.25) is 5.91 Å². The van der Waals surface area contributed by atoms with Gasteiger partial charge in [-0.2, -0.15) is 0 Å². The second-order valence-electron chi connectivity index (χ2n) is 8.48. The third-order valence-corrected chi connectivity index (χ3v) is 5.95. The van der Waals surface area contributed by atoms with Crippen molar-refractivity contribution >= 4 is 17.3 Å². The molecule has 5 rings (SSSR count). The number of carbonyl (C=O) groups excluding carboxylic acids is 1. The van der Waals surface area contributed by atoms with Crippen molar-refractivity contribution in [1.29, 1.82) is 0 Å². The Bertz CT molecular complexity index is 1300. The summed E-state index contributed by atoms with van der Waals surface area (Å²) in [6.07, 6.45) is 9.18. The molecule has 154 valence electrons. The van der Waals surface area contributed by atoms with E-state index in [1.165, 1.54) is 0 Å². The van der Waals surface area contributed by atoms with Gasteiger partial charge in [-0.3, -0.25) is 19.7 Å². The number of aromatic nitrogens is 4. The number of aryl methyl sites for hydroxylation is 2. The number of amides is 1. The van der Waals surface area contributed by atoms with Crippen LogP contribution in [0.3, 0.4) is 0 Å². The molecule has 6 heteroatoms. The van der Waals surface area contributed by atoms with E-state index in [1.54, 1.807) is 17.3 Å². The molecule has 1 aliphatic rings. The molecule has 0 radical (unpaired) electrons. The molecule has 0 fully saturated rings. The number of hydrogen-bond acceptors (Lipinski definition) is 4. The summed E-state index contributed by atoms with van der Waals surface area (Å²) in [5.41, 5.74) is 6.89. The third kappa shape index (κ3) is 3.03. The van der Waals surface area contributed by atoms with E-state index in [1.807, 2.05) is 87.4 Å². The van der Waals surface area contributed by atoms with Gasteiger partial charge < -0.3 is 4.57 Å². The lowest BCUT2D eigenvalue weighted by atomic mass is 9.86. The van der Waals surface area contributed by atoms with Gasteiger partial charge in [0, 0.05) is 29.8 Å². The Morgan fingerprint density at radius 2 is 1.77 bits per heavy atom. The number of nitrogens with zero attached hydrogens (tertiary/aromatic N) is 5. The average molecular weight is 409 g/mol. The Labute approximate surface area is 181 Å². The van der Waals surface area contributed by atoms with Crippen LogP contribution in [-0.4, -0.2) is 25.4 Å². The Morgan fingerprint density at radius 1 is 0.935 bits per heavy atom. The summed E-state index contributed by atoms with van der Waals surface area (Å²) >= 11 is 0. The van der Waals surface area contributed by atoms with Crippen LogP contribution in [0.15, 0.2) is 67.5 Å². The van der Waals surface area contributed by atoms with Crippen LogP contribution in [-0.2, 0) is 10.2 Å². The van der Waals surface area contributed by atoms with Gasteiger partial charge in [0.05, 0.1) is 40.7 Å². The first-order valence-corrected chi connectivity index (χ1v) is 10.2. The molecule has 1 amide bonds. The highest BCUT2D eigenvalue weighted by Crippen LogP contribution is 2.46. The summed E-state index contributed by atoms with van der Waals surface area (Å²) in [5.74, 6) is 0.0447. The Balaban J connectivity index is 1.60. The monoisotopic (exact) mass is 409 g/mol. The molecule has 3 aromatic heterocycles. The molecule has 0 saturated heterocycles. The molecule has 4 aromatic rings. The van der Waals surface area contributed by atoms with E-state index < -0.39 is 5.41 Å². The normalized spacial score (nSPS) is 14.7. The number of fused-ring (bicyclic) bond motifs is 1. The van der Waals surface area contributed by atoms with Crippen molar-refractivity contribution in [2.24, 2.45) is 0 Å². The first-order valence-electron chi connectivity index (χ1n) is 10.2. The minimum absolute atomic E-state index is 0.0447. The van der Waals surface area contributed by atoms with Crippen molar-refractivity contribution in [3.8, 4) is 16.9 Å². The van der Waals surface area contributed by atoms with E-state index in [9.17, 15) is 4.79 Å². The van der Waals surface area contributed by atoms with Crippen LogP contribution < -0.4 is 4.90 Å². The summed E-state index contributed by atoms with van der Waals surface area (Å²) in [6.45, 7) is 7.90. The van der Waals surface area contributed by atoms with Crippen molar-refractivity contribution in [1.82, 2.24) is 19.5 Å². The molecule has 6 nitrogen and oxygen atoms in total. The molecule has 0 N–H and O–H groups in total. The number of rotatable bonds is 3. The van der Waals surface area contributed by atoms with E-state index in [0.29, 0.717) is 0 Å². The molecule has 0 aliphatic carbocycles. The fourth-order valence-corrected chi connectivity index (χ4v) is 4.12. The van der Waals surface area contributed by atoms with Crippen molar-refractivity contribution in [3.63, 3.8) is 0 Å². The maximum atomic E-state index is 13.3. The van der Waals surface area contributed by atoms with Gasteiger partial charge >= 0.3 is 0 Å². The molecule has 0 atom stereocenters. The van der Waals surface area contributed by atoms with E-state index in [4.69, 9.17) is 0 Å². The van der Waals surface area contributed by atoms with Crippen LogP contribution in [0.5, 0.6) is 0 Å². The summed E-state index contributed by atoms with van der Waals surface area (Å²) in [4.78, 5) is 28.3. The SMILES string of the molecule is Cc1ccc(N2C(=O)C(C)(C)c3ccc(-c4cn(-c5ccncc5C)cn4)cc32)cn1. The summed E-state index contributed by atoms with van der Waals surface area (Å²) < 4.78 is 2.00. The number of hydrogen-bond donors (Lipinski definition) is 0. The molecule has 0 bridgehead atoms. The Hall–Kier alpha value is -3.80. The van der Waals surface area contributed by atoms with Crippen molar-refractivity contribution in [3.05, 3.63) is 84.3 Å².